The van der Waals surface area contributed by atoms with Crippen LogP contribution in [0.3, 0.4) is 0 Å². The van der Waals surface area contributed by atoms with Gasteiger partial charge in [0.05, 0.1) is 12.1 Å². The fourth-order valence-corrected chi connectivity index (χ4v) is 2.44. The first-order chi connectivity index (χ1) is 10.3. The predicted molar refractivity (Wildman–Crippen MR) is 84.4 cm³/mol. The van der Waals surface area contributed by atoms with Gasteiger partial charge in [0.1, 0.15) is 0 Å². The fraction of sp³-hybridized carbons (Fsp3) is 0.222. The highest BCUT2D eigenvalue weighted by atomic mass is 16.5. The van der Waals surface area contributed by atoms with E-state index in [0.717, 1.165) is 34.5 Å². The largest absolute Gasteiger partial charge is 0.461 e. The van der Waals surface area contributed by atoms with Crippen LogP contribution >= 0.6 is 0 Å². The molecule has 1 aromatic heterocycles. The van der Waals surface area contributed by atoms with Gasteiger partial charge in [-0.1, -0.05) is 55.8 Å². The molecule has 0 N–H and O–H groups in total. The maximum Gasteiger partial charge on any atom is 0.357 e. The van der Waals surface area contributed by atoms with Crippen molar-refractivity contribution < 1.29 is 9.53 Å². The zero-order valence-corrected chi connectivity index (χ0v) is 12.0. The van der Waals surface area contributed by atoms with Gasteiger partial charge in [-0.25, -0.2) is 9.78 Å². The Morgan fingerprint density at radius 2 is 1.67 bits per heavy atom. The topological polar surface area (TPSA) is 39.2 Å². The predicted octanol–water partition coefficient (Wildman–Crippen LogP) is 4.34. The highest BCUT2D eigenvalue weighted by molar-refractivity contribution is 6.13. The molecular weight excluding hydrogens is 262 g/mol. The summed E-state index contributed by atoms with van der Waals surface area (Å²) in [5.74, 6) is -0.342. The van der Waals surface area contributed by atoms with Crippen molar-refractivity contribution in [3.05, 3.63) is 54.2 Å². The van der Waals surface area contributed by atoms with E-state index in [0.29, 0.717) is 12.3 Å². The molecule has 1 heterocycles. The summed E-state index contributed by atoms with van der Waals surface area (Å²) >= 11 is 0. The number of carbonyl (C=O) groups excluding carboxylic acids is 1. The van der Waals surface area contributed by atoms with Crippen LogP contribution in [-0.4, -0.2) is 17.6 Å². The second-order valence-electron chi connectivity index (χ2n) is 5.01. The van der Waals surface area contributed by atoms with E-state index >= 15 is 0 Å². The summed E-state index contributed by atoms with van der Waals surface area (Å²) in [6.45, 7) is 2.51. The molecule has 0 spiro atoms. The lowest BCUT2D eigenvalue weighted by Crippen LogP contribution is -2.09. The number of aromatic nitrogens is 1. The Balaban J connectivity index is 2.14. The summed E-state index contributed by atoms with van der Waals surface area (Å²) < 4.78 is 5.32. The number of carbonyl (C=O) groups is 1. The van der Waals surface area contributed by atoms with Crippen LogP contribution in [0.5, 0.6) is 0 Å². The minimum atomic E-state index is -0.342. The molecule has 0 bridgehead atoms. The maximum absolute atomic E-state index is 12.3. The Kier molecular flexibility index (Phi) is 3.82. The Bertz CT molecular complexity index is 795. The van der Waals surface area contributed by atoms with Crippen LogP contribution in [0, 0.1) is 0 Å². The zero-order valence-electron chi connectivity index (χ0n) is 12.0. The number of hydrogen-bond donors (Lipinski definition) is 0. The minimum absolute atomic E-state index is 0.342. The molecule has 3 aromatic rings. The number of hydrogen-bond acceptors (Lipinski definition) is 3. The van der Waals surface area contributed by atoms with Gasteiger partial charge < -0.3 is 4.74 Å². The quantitative estimate of drug-likeness (QED) is 0.405. The van der Waals surface area contributed by atoms with E-state index in [2.05, 4.69) is 11.9 Å². The normalized spacial score (nSPS) is 10.9. The van der Waals surface area contributed by atoms with Crippen molar-refractivity contribution in [3.63, 3.8) is 0 Å². The van der Waals surface area contributed by atoms with E-state index in [4.69, 9.17) is 4.74 Å². The van der Waals surface area contributed by atoms with E-state index in [1.807, 2.05) is 48.5 Å². The van der Waals surface area contributed by atoms with Gasteiger partial charge >= 0.3 is 5.97 Å². The van der Waals surface area contributed by atoms with Gasteiger partial charge in [-0.3, -0.25) is 0 Å². The van der Waals surface area contributed by atoms with Crippen molar-refractivity contribution in [1.82, 2.24) is 4.98 Å². The molecule has 106 valence electrons. The molecule has 0 atom stereocenters. The summed E-state index contributed by atoms with van der Waals surface area (Å²) in [5, 5.41) is 2.93. The number of esters is 1. The van der Waals surface area contributed by atoms with Crippen molar-refractivity contribution in [1.29, 1.82) is 0 Å². The number of pyridine rings is 1. The lowest BCUT2D eigenvalue weighted by Gasteiger charge is -2.09. The van der Waals surface area contributed by atoms with Gasteiger partial charge in [0.15, 0.2) is 5.69 Å². The van der Waals surface area contributed by atoms with Crippen LogP contribution in [0.4, 0.5) is 0 Å². The van der Waals surface area contributed by atoms with E-state index in [-0.39, 0.29) is 5.97 Å². The number of benzene rings is 2. The van der Waals surface area contributed by atoms with Gasteiger partial charge in [-0.15, -0.1) is 0 Å². The summed E-state index contributed by atoms with van der Waals surface area (Å²) in [7, 11) is 0. The third-order valence-corrected chi connectivity index (χ3v) is 3.53. The van der Waals surface area contributed by atoms with Crippen LogP contribution in [0.25, 0.3) is 21.7 Å². The summed E-state index contributed by atoms with van der Waals surface area (Å²) in [6, 6.07) is 15.7. The average Bonchev–Trinajstić information content (AvgIpc) is 2.54. The third-order valence-electron chi connectivity index (χ3n) is 3.53. The second kappa shape index (κ2) is 5.92. The van der Waals surface area contributed by atoms with Crippen LogP contribution < -0.4 is 0 Å². The Morgan fingerprint density at radius 1 is 1.00 bits per heavy atom. The van der Waals surface area contributed by atoms with Crippen molar-refractivity contribution in [2.45, 2.75) is 19.8 Å². The standard InChI is InChI=1S/C18H17NO2/c1-2-3-12-21-18(20)17-15-10-5-4-8-13(15)14-9-6-7-11-16(14)19-17/h4-11H,2-3,12H2,1H3. The van der Waals surface area contributed by atoms with Gasteiger partial charge in [0.25, 0.3) is 0 Å². The highest BCUT2D eigenvalue weighted by Gasteiger charge is 2.15. The monoisotopic (exact) mass is 279 g/mol. The van der Waals surface area contributed by atoms with Gasteiger partial charge in [0.2, 0.25) is 0 Å². The van der Waals surface area contributed by atoms with Crippen molar-refractivity contribution in [3.8, 4) is 0 Å². The van der Waals surface area contributed by atoms with Crippen LogP contribution in [0.2, 0.25) is 0 Å². The molecule has 0 aliphatic heterocycles. The van der Waals surface area contributed by atoms with Gasteiger partial charge in [0, 0.05) is 10.8 Å². The first kappa shape index (κ1) is 13.6. The molecule has 3 nitrogen and oxygen atoms in total. The summed E-state index contributed by atoms with van der Waals surface area (Å²) in [4.78, 5) is 16.8. The molecule has 0 fully saturated rings. The Labute approximate surface area is 123 Å². The molecule has 3 heteroatoms. The SMILES string of the molecule is CCCCOC(=O)c1nc2ccccc2c2ccccc12. The molecular formula is C18H17NO2. The van der Waals surface area contributed by atoms with E-state index in [9.17, 15) is 4.79 Å². The smallest absolute Gasteiger partial charge is 0.357 e. The fourth-order valence-electron chi connectivity index (χ4n) is 2.44. The molecule has 0 aliphatic carbocycles. The van der Waals surface area contributed by atoms with Crippen LogP contribution in [0.15, 0.2) is 48.5 Å². The molecule has 2 aromatic carbocycles. The van der Waals surface area contributed by atoms with E-state index in [1.54, 1.807) is 0 Å². The molecule has 0 unspecified atom stereocenters. The van der Waals surface area contributed by atoms with Gasteiger partial charge in [-0.2, -0.15) is 0 Å². The molecule has 0 saturated heterocycles. The molecule has 21 heavy (non-hydrogen) atoms. The molecule has 0 aliphatic rings. The lowest BCUT2D eigenvalue weighted by atomic mass is 10.0. The number of ether oxygens (including phenoxy) is 1. The van der Waals surface area contributed by atoms with Crippen molar-refractivity contribution in [2.75, 3.05) is 6.61 Å². The molecule has 0 radical (unpaired) electrons. The molecule has 0 amide bonds. The number of unbranched alkanes of at least 4 members (excludes halogenated alkanes) is 1. The lowest BCUT2D eigenvalue weighted by molar-refractivity contribution is 0.0496. The number of rotatable bonds is 4. The minimum Gasteiger partial charge on any atom is -0.461 e. The van der Waals surface area contributed by atoms with E-state index < -0.39 is 0 Å². The third kappa shape index (κ3) is 2.59. The maximum atomic E-state index is 12.3. The summed E-state index contributed by atoms with van der Waals surface area (Å²) in [6.07, 6.45) is 1.87. The van der Waals surface area contributed by atoms with Gasteiger partial charge in [-0.05, 0) is 17.9 Å². The number of fused-ring (bicyclic) bond motifs is 3. The van der Waals surface area contributed by atoms with Crippen LogP contribution in [0.1, 0.15) is 30.3 Å². The Hall–Kier alpha value is -2.42. The highest BCUT2D eigenvalue weighted by Crippen LogP contribution is 2.26. The van der Waals surface area contributed by atoms with Crippen LogP contribution in [-0.2, 0) is 4.74 Å². The van der Waals surface area contributed by atoms with E-state index in [1.165, 1.54) is 0 Å². The summed E-state index contributed by atoms with van der Waals surface area (Å²) in [5.41, 5.74) is 1.22. The second-order valence-corrected chi connectivity index (χ2v) is 5.01. The average molecular weight is 279 g/mol. The molecule has 0 saturated carbocycles. The number of nitrogens with zero attached hydrogens (tertiary/aromatic N) is 1. The first-order valence-corrected chi connectivity index (χ1v) is 7.26. The van der Waals surface area contributed by atoms with Crippen molar-refractivity contribution >= 4 is 27.6 Å². The zero-order chi connectivity index (χ0) is 14.7. The first-order valence-electron chi connectivity index (χ1n) is 7.26. The molecule has 3 rings (SSSR count). The Morgan fingerprint density at radius 3 is 2.43 bits per heavy atom. The van der Waals surface area contributed by atoms with Crippen molar-refractivity contribution in [2.24, 2.45) is 0 Å². The number of para-hydroxylation sites is 1.